The fraction of sp³-hybridized carbons (Fsp3) is 0.136. The monoisotopic (exact) mass is 433 g/mol. The largest absolute Gasteiger partial charge is 0.449 e. The molecule has 6 heteroatoms. The van der Waals surface area contributed by atoms with Crippen molar-refractivity contribution in [3.63, 3.8) is 0 Å². The van der Waals surface area contributed by atoms with Gasteiger partial charge >= 0.3 is 6.09 Å². The molecule has 1 amide bonds. The van der Waals surface area contributed by atoms with Crippen LogP contribution in [0.5, 0.6) is 0 Å². The number of aromatic nitrogens is 2. The molecule has 0 spiro atoms. The topological polar surface area (TPSA) is 64.1 Å². The van der Waals surface area contributed by atoms with E-state index in [-0.39, 0.29) is 19.1 Å². The van der Waals surface area contributed by atoms with E-state index >= 15 is 0 Å². The second kappa shape index (κ2) is 8.24. The molecule has 1 heterocycles. The molecule has 0 bridgehead atoms. The number of carbonyl (C=O) groups excluding carboxylic acids is 1. The summed E-state index contributed by atoms with van der Waals surface area (Å²) in [5, 5.41) is 2.64. The minimum atomic E-state index is -0.488. The maximum Gasteiger partial charge on any atom is 0.407 e. The van der Waals surface area contributed by atoms with Crippen LogP contribution < -0.4 is 5.32 Å². The predicted molar refractivity (Wildman–Crippen MR) is 110 cm³/mol. The molecule has 1 aliphatic carbocycles. The quantitative estimate of drug-likeness (QED) is 0.630. The molecule has 0 atom stereocenters. The SMILES string of the molecule is O=C(NCC#Cc1cnc(Br)cn1)OCC1c2ccccc2-c2ccccc21. The first kappa shape index (κ1) is 18.2. The van der Waals surface area contributed by atoms with Crippen molar-refractivity contribution >= 4 is 22.0 Å². The van der Waals surface area contributed by atoms with Gasteiger partial charge in [-0.05, 0) is 44.1 Å². The van der Waals surface area contributed by atoms with Gasteiger partial charge in [0.25, 0.3) is 0 Å². The van der Waals surface area contributed by atoms with Crippen molar-refractivity contribution in [3.8, 4) is 23.0 Å². The number of hydrogen-bond donors (Lipinski definition) is 1. The van der Waals surface area contributed by atoms with Crippen LogP contribution in [-0.2, 0) is 4.74 Å². The number of rotatable bonds is 3. The minimum absolute atomic E-state index is 0.0438. The maximum atomic E-state index is 12.0. The van der Waals surface area contributed by atoms with Gasteiger partial charge in [-0.2, -0.15) is 0 Å². The molecule has 138 valence electrons. The van der Waals surface area contributed by atoms with Crippen LogP contribution in [0.2, 0.25) is 0 Å². The van der Waals surface area contributed by atoms with E-state index in [1.807, 2.05) is 24.3 Å². The molecule has 0 fully saturated rings. The molecular formula is C22H16BrN3O2. The van der Waals surface area contributed by atoms with Crippen molar-refractivity contribution in [2.75, 3.05) is 13.2 Å². The van der Waals surface area contributed by atoms with E-state index in [0.717, 1.165) is 0 Å². The van der Waals surface area contributed by atoms with Crippen LogP contribution in [-0.4, -0.2) is 29.2 Å². The second-order valence-corrected chi connectivity index (χ2v) is 7.02. The molecule has 0 saturated carbocycles. The Morgan fingerprint density at radius 2 is 1.71 bits per heavy atom. The van der Waals surface area contributed by atoms with E-state index in [1.165, 1.54) is 22.3 Å². The van der Waals surface area contributed by atoms with Crippen molar-refractivity contribution in [1.82, 2.24) is 15.3 Å². The Kier molecular flexibility index (Phi) is 5.36. The summed E-state index contributed by atoms with van der Waals surface area (Å²) in [4.78, 5) is 20.2. The third kappa shape index (κ3) is 3.90. The fourth-order valence-corrected chi connectivity index (χ4v) is 3.48. The zero-order chi connectivity index (χ0) is 19.3. The molecule has 0 unspecified atom stereocenters. The van der Waals surface area contributed by atoms with E-state index in [1.54, 1.807) is 12.4 Å². The van der Waals surface area contributed by atoms with Crippen molar-refractivity contribution in [2.24, 2.45) is 0 Å². The van der Waals surface area contributed by atoms with E-state index in [9.17, 15) is 4.79 Å². The van der Waals surface area contributed by atoms with E-state index in [4.69, 9.17) is 4.74 Å². The van der Waals surface area contributed by atoms with Gasteiger partial charge in [0.2, 0.25) is 0 Å². The van der Waals surface area contributed by atoms with Crippen LogP contribution in [0.15, 0.2) is 65.5 Å². The number of carbonyl (C=O) groups is 1. The third-order valence-electron chi connectivity index (χ3n) is 4.50. The first-order chi connectivity index (χ1) is 13.7. The van der Waals surface area contributed by atoms with Gasteiger partial charge in [-0.1, -0.05) is 54.5 Å². The van der Waals surface area contributed by atoms with Gasteiger partial charge in [-0.15, -0.1) is 0 Å². The molecule has 0 saturated heterocycles. The van der Waals surface area contributed by atoms with Gasteiger partial charge in [0.1, 0.15) is 16.9 Å². The highest BCUT2D eigenvalue weighted by molar-refractivity contribution is 9.10. The first-order valence-electron chi connectivity index (χ1n) is 8.77. The number of nitrogens with one attached hydrogen (secondary N) is 1. The van der Waals surface area contributed by atoms with Crippen molar-refractivity contribution in [1.29, 1.82) is 0 Å². The number of halogens is 1. The van der Waals surface area contributed by atoms with Crippen molar-refractivity contribution in [2.45, 2.75) is 5.92 Å². The number of fused-ring (bicyclic) bond motifs is 3. The van der Waals surface area contributed by atoms with Crippen LogP contribution in [0.4, 0.5) is 4.79 Å². The summed E-state index contributed by atoms with van der Waals surface area (Å²) in [6, 6.07) is 16.5. The molecule has 1 aromatic heterocycles. The van der Waals surface area contributed by atoms with Gasteiger partial charge in [0, 0.05) is 5.92 Å². The molecule has 4 rings (SSSR count). The molecule has 3 aromatic rings. The second-order valence-electron chi connectivity index (χ2n) is 6.21. The molecule has 1 aliphatic rings. The molecule has 1 N–H and O–H groups in total. The summed E-state index contributed by atoms with van der Waals surface area (Å²) in [5.74, 6) is 5.71. The molecular weight excluding hydrogens is 418 g/mol. The highest BCUT2D eigenvalue weighted by Crippen LogP contribution is 2.44. The fourth-order valence-electron chi connectivity index (χ4n) is 3.28. The summed E-state index contributed by atoms with van der Waals surface area (Å²) in [7, 11) is 0. The lowest BCUT2D eigenvalue weighted by atomic mass is 9.98. The Morgan fingerprint density at radius 3 is 2.36 bits per heavy atom. The smallest absolute Gasteiger partial charge is 0.407 e. The van der Waals surface area contributed by atoms with Crippen LogP contribution in [0.3, 0.4) is 0 Å². The summed E-state index contributed by atoms with van der Waals surface area (Å²) < 4.78 is 6.10. The molecule has 2 aromatic carbocycles. The number of nitrogens with zero attached hydrogens (tertiary/aromatic N) is 2. The van der Waals surface area contributed by atoms with Crippen LogP contribution in [0, 0.1) is 11.8 Å². The third-order valence-corrected chi connectivity index (χ3v) is 4.91. The Hall–Kier alpha value is -3.17. The summed E-state index contributed by atoms with van der Waals surface area (Å²) in [6.07, 6.45) is 2.64. The lowest BCUT2D eigenvalue weighted by Crippen LogP contribution is -2.26. The van der Waals surface area contributed by atoms with E-state index in [2.05, 4.69) is 67.3 Å². The lowest BCUT2D eigenvalue weighted by Gasteiger charge is -2.14. The number of hydrogen-bond acceptors (Lipinski definition) is 4. The number of ether oxygens (including phenoxy) is 1. The Labute approximate surface area is 171 Å². The Morgan fingerprint density at radius 1 is 1.04 bits per heavy atom. The van der Waals surface area contributed by atoms with Crippen LogP contribution in [0.1, 0.15) is 22.7 Å². The normalized spacial score (nSPS) is 11.8. The first-order valence-corrected chi connectivity index (χ1v) is 9.57. The minimum Gasteiger partial charge on any atom is -0.449 e. The van der Waals surface area contributed by atoms with Crippen molar-refractivity contribution < 1.29 is 9.53 Å². The summed E-state index contributed by atoms with van der Waals surface area (Å²) >= 11 is 3.22. The Balaban J connectivity index is 1.35. The van der Waals surface area contributed by atoms with Gasteiger partial charge in [0.15, 0.2) is 0 Å². The predicted octanol–water partition coefficient (Wildman–Crippen LogP) is 4.13. The highest BCUT2D eigenvalue weighted by Gasteiger charge is 2.28. The highest BCUT2D eigenvalue weighted by atomic mass is 79.9. The molecule has 0 aliphatic heterocycles. The average Bonchev–Trinajstić information content (AvgIpc) is 3.05. The molecule has 5 nitrogen and oxygen atoms in total. The van der Waals surface area contributed by atoms with Gasteiger partial charge in [0.05, 0.1) is 18.9 Å². The van der Waals surface area contributed by atoms with Crippen molar-refractivity contribution in [3.05, 3.63) is 82.3 Å². The van der Waals surface area contributed by atoms with Gasteiger partial charge in [-0.25, -0.2) is 14.8 Å². The van der Waals surface area contributed by atoms with Crippen LogP contribution >= 0.6 is 15.9 Å². The maximum absolute atomic E-state index is 12.0. The van der Waals surface area contributed by atoms with E-state index < -0.39 is 6.09 Å². The number of alkyl carbamates (subject to hydrolysis) is 1. The lowest BCUT2D eigenvalue weighted by molar-refractivity contribution is 0.144. The number of benzene rings is 2. The van der Waals surface area contributed by atoms with Gasteiger partial charge < -0.3 is 10.1 Å². The summed E-state index contributed by atoms with van der Waals surface area (Å²) in [5.41, 5.74) is 5.31. The zero-order valence-corrected chi connectivity index (χ0v) is 16.4. The zero-order valence-electron chi connectivity index (χ0n) is 14.9. The van der Waals surface area contributed by atoms with Crippen LogP contribution in [0.25, 0.3) is 11.1 Å². The Bertz CT molecular complexity index is 1030. The van der Waals surface area contributed by atoms with Gasteiger partial charge in [-0.3, -0.25) is 0 Å². The number of amides is 1. The average molecular weight is 434 g/mol. The molecule has 28 heavy (non-hydrogen) atoms. The van der Waals surface area contributed by atoms with E-state index in [0.29, 0.717) is 10.3 Å². The summed E-state index contributed by atoms with van der Waals surface area (Å²) in [6.45, 7) is 0.458. The standard InChI is InChI=1S/C22H16BrN3O2/c23-21-13-25-15(12-26-21)6-5-11-24-22(27)28-14-20-18-9-3-1-7-16(18)17-8-2-4-10-19(17)20/h1-4,7-10,12-13,20H,11,14H2,(H,24,27). The molecule has 0 radical (unpaired) electrons.